The van der Waals surface area contributed by atoms with Crippen LogP contribution in [0, 0.1) is 12.7 Å². The lowest BCUT2D eigenvalue weighted by molar-refractivity contribution is -0.136. The smallest absolute Gasteiger partial charge is 0.357 e. The fourth-order valence-corrected chi connectivity index (χ4v) is 3.94. The summed E-state index contributed by atoms with van der Waals surface area (Å²) in [5, 5.41) is 5.26. The molecule has 0 bridgehead atoms. The van der Waals surface area contributed by atoms with E-state index >= 15 is 0 Å². The van der Waals surface area contributed by atoms with E-state index in [1.807, 2.05) is 0 Å². The molecule has 11 heteroatoms. The van der Waals surface area contributed by atoms with Gasteiger partial charge in [0.15, 0.2) is 11.6 Å². The summed E-state index contributed by atoms with van der Waals surface area (Å²) in [4.78, 5) is 24.3. The Bertz CT molecular complexity index is 1190. The van der Waals surface area contributed by atoms with Crippen molar-refractivity contribution in [1.29, 1.82) is 0 Å². The Balaban J connectivity index is 2.07. The third kappa shape index (κ3) is 4.43. The van der Waals surface area contributed by atoms with Crippen LogP contribution in [-0.4, -0.2) is 40.3 Å². The maximum atomic E-state index is 14.3. The maximum absolute atomic E-state index is 14.3. The zero-order valence-electron chi connectivity index (χ0n) is 16.7. The van der Waals surface area contributed by atoms with Gasteiger partial charge in [0.2, 0.25) is 0 Å². The second kappa shape index (κ2) is 8.81. The third-order valence-corrected chi connectivity index (χ3v) is 5.71. The molecule has 0 saturated heterocycles. The number of carboxylic acids is 1. The van der Waals surface area contributed by atoms with Gasteiger partial charge in [-0.25, -0.2) is 13.2 Å². The Labute approximate surface area is 182 Å². The van der Waals surface area contributed by atoms with E-state index in [9.17, 15) is 36.6 Å². The van der Waals surface area contributed by atoms with Crippen LogP contribution in [0.2, 0.25) is 0 Å². The largest absolute Gasteiger partial charge is 0.494 e. The molecule has 0 amide bonds. The lowest BCUT2D eigenvalue weighted by Crippen LogP contribution is -2.21. The zero-order valence-corrected chi connectivity index (χ0v) is 17.5. The highest BCUT2D eigenvalue weighted by Gasteiger charge is 2.42. The molecular weight excluding hydrogens is 457 g/mol. The Morgan fingerprint density at radius 3 is 2.34 bits per heavy atom. The number of carbonyl (C=O) groups is 2. The minimum atomic E-state index is -4.29. The summed E-state index contributed by atoms with van der Waals surface area (Å²) in [5.74, 6) is -2.74. The van der Waals surface area contributed by atoms with Crippen LogP contribution in [0.4, 0.5) is 22.0 Å². The van der Waals surface area contributed by atoms with E-state index in [1.165, 1.54) is 32.2 Å². The summed E-state index contributed by atoms with van der Waals surface area (Å²) in [6.07, 6.45) is -4.29. The molecule has 2 aromatic carbocycles. The van der Waals surface area contributed by atoms with Crippen LogP contribution in [-0.2, 0) is 11.2 Å². The molecule has 3 aromatic rings. The molecule has 0 fully saturated rings. The van der Waals surface area contributed by atoms with Crippen molar-refractivity contribution in [3.8, 4) is 5.75 Å². The van der Waals surface area contributed by atoms with E-state index in [0.717, 1.165) is 22.8 Å². The first kappa shape index (κ1) is 23.6. The zero-order chi connectivity index (χ0) is 23.8. The molecule has 0 unspecified atom stereocenters. The number of benzene rings is 2. The fourth-order valence-electron chi connectivity index (χ4n) is 3.27. The third-order valence-electron chi connectivity index (χ3n) is 4.75. The van der Waals surface area contributed by atoms with E-state index in [4.69, 9.17) is 4.74 Å². The Morgan fingerprint density at radius 1 is 1.19 bits per heavy atom. The number of hydrogen-bond acceptors (Lipinski definition) is 4. The minimum absolute atomic E-state index is 0.00724. The number of halogens is 5. The van der Waals surface area contributed by atoms with Gasteiger partial charge in [0.25, 0.3) is 5.91 Å². The Morgan fingerprint density at radius 2 is 1.81 bits per heavy atom. The van der Waals surface area contributed by atoms with Crippen molar-refractivity contribution in [2.45, 2.75) is 29.9 Å². The van der Waals surface area contributed by atoms with E-state index in [1.54, 1.807) is 0 Å². The molecule has 0 radical (unpaired) electrons. The number of aromatic nitrogens is 1. The predicted molar refractivity (Wildman–Crippen MR) is 108 cm³/mol. The highest BCUT2D eigenvalue weighted by atomic mass is 32.2. The van der Waals surface area contributed by atoms with Crippen LogP contribution < -0.4 is 4.74 Å². The van der Waals surface area contributed by atoms with Crippen molar-refractivity contribution in [1.82, 2.24) is 4.57 Å². The second-order valence-corrected chi connectivity index (χ2v) is 7.99. The van der Waals surface area contributed by atoms with Crippen LogP contribution in [0.5, 0.6) is 5.75 Å². The van der Waals surface area contributed by atoms with E-state index < -0.39 is 35.8 Å². The molecule has 32 heavy (non-hydrogen) atoms. The summed E-state index contributed by atoms with van der Waals surface area (Å²) in [5.41, 5.74) is 0.642. The maximum Gasteiger partial charge on any atom is 0.357 e. The molecule has 0 atom stereocenters. The molecule has 0 aliphatic heterocycles. The van der Waals surface area contributed by atoms with Crippen LogP contribution in [0.3, 0.4) is 0 Å². The SMILES string of the molecule is COc1cc2c(CC(=O)O)c(C)n(C(=O)c3ccc(SC(F)(F)C(F)F)cc3)c2cc1F. The van der Waals surface area contributed by atoms with Crippen molar-refractivity contribution in [3.63, 3.8) is 0 Å². The van der Waals surface area contributed by atoms with Crippen LogP contribution in [0.25, 0.3) is 10.9 Å². The molecule has 0 aliphatic carbocycles. The molecule has 0 aliphatic rings. The van der Waals surface area contributed by atoms with Gasteiger partial charge in [-0.05, 0) is 54.6 Å². The number of alkyl halides is 4. The van der Waals surface area contributed by atoms with E-state index in [-0.39, 0.29) is 44.7 Å². The summed E-state index contributed by atoms with van der Waals surface area (Å²) >= 11 is -0.337. The van der Waals surface area contributed by atoms with Gasteiger partial charge in [-0.15, -0.1) is 0 Å². The van der Waals surface area contributed by atoms with Crippen molar-refractivity contribution in [2.24, 2.45) is 0 Å². The lowest BCUT2D eigenvalue weighted by Gasteiger charge is -2.14. The van der Waals surface area contributed by atoms with Crippen molar-refractivity contribution in [2.75, 3.05) is 7.11 Å². The molecule has 1 N–H and O–H groups in total. The van der Waals surface area contributed by atoms with Crippen LogP contribution >= 0.6 is 11.8 Å². The highest BCUT2D eigenvalue weighted by molar-refractivity contribution is 8.00. The van der Waals surface area contributed by atoms with E-state index in [2.05, 4.69) is 0 Å². The van der Waals surface area contributed by atoms with Crippen LogP contribution in [0.15, 0.2) is 41.3 Å². The average Bonchev–Trinajstić information content (AvgIpc) is 2.97. The van der Waals surface area contributed by atoms with Crippen molar-refractivity contribution >= 4 is 34.5 Å². The summed E-state index contributed by atoms with van der Waals surface area (Å²) < 4.78 is 71.7. The number of aliphatic carboxylic acids is 1. The molecule has 3 rings (SSSR count). The molecule has 1 aromatic heterocycles. The highest BCUT2D eigenvalue weighted by Crippen LogP contribution is 2.40. The molecule has 0 spiro atoms. The topological polar surface area (TPSA) is 68.5 Å². The lowest BCUT2D eigenvalue weighted by atomic mass is 10.1. The van der Waals surface area contributed by atoms with Crippen molar-refractivity contribution < 1.29 is 41.4 Å². The first-order valence-corrected chi connectivity index (χ1v) is 9.87. The standard InChI is InChI=1S/C21H16F5NO4S/c1-10-13(8-18(28)29)14-7-17(31-2)15(22)9-16(14)27(10)19(30)11-3-5-12(6-4-11)32-21(25,26)20(23)24/h3-7,9,20H,8H2,1-2H3,(H,28,29). The number of carbonyl (C=O) groups excluding carboxylic acids is 1. The van der Waals surface area contributed by atoms with Gasteiger partial charge in [0, 0.05) is 27.6 Å². The summed E-state index contributed by atoms with van der Waals surface area (Å²) in [7, 11) is 1.24. The predicted octanol–water partition coefficient (Wildman–Crippen LogP) is 5.36. The quantitative estimate of drug-likeness (QED) is 0.370. The van der Waals surface area contributed by atoms with E-state index in [0.29, 0.717) is 5.39 Å². The number of fused-ring (bicyclic) bond motifs is 1. The summed E-state index contributed by atoms with van der Waals surface area (Å²) in [6, 6.07) is 6.88. The molecule has 0 saturated carbocycles. The van der Waals surface area contributed by atoms with Gasteiger partial charge in [-0.3, -0.25) is 14.2 Å². The number of hydrogen-bond donors (Lipinski definition) is 1. The molecule has 1 heterocycles. The van der Waals surface area contributed by atoms with Gasteiger partial charge >= 0.3 is 17.6 Å². The second-order valence-electron chi connectivity index (χ2n) is 6.77. The first-order chi connectivity index (χ1) is 15.0. The number of nitrogens with zero attached hydrogens (tertiary/aromatic N) is 1. The van der Waals surface area contributed by atoms with Gasteiger partial charge in [0.1, 0.15) is 0 Å². The Kier molecular flexibility index (Phi) is 6.49. The monoisotopic (exact) mass is 473 g/mol. The number of ether oxygens (including phenoxy) is 1. The molecule has 170 valence electrons. The van der Waals surface area contributed by atoms with Crippen LogP contribution in [0.1, 0.15) is 21.6 Å². The Hall–Kier alpha value is -3.08. The summed E-state index contributed by atoms with van der Waals surface area (Å²) in [6.45, 7) is 1.49. The van der Waals surface area contributed by atoms with Gasteiger partial charge in [-0.2, -0.15) is 8.78 Å². The fraction of sp³-hybridized carbons (Fsp3) is 0.238. The number of rotatable bonds is 7. The van der Waals surface area contributed by atoms with Gasteiger partial charge < -0.3 is 9.84 Å². The molecular formula is C21H16F5NO4S. The molecule has 5 nitrogen and oxygen atoms in total. The normalized spacial score (nSPS) is 11.9. The van der Waals surface area contributed by atoms with Gasteiger partial charge in [0.05, 0.1) is 19.0 Å². The number of carboxylic acid groups (broad SMARTS) is 1. The van der Waals surface area contributed by atoms with Crippen molar-refractivity contribution in [3.05, 3.63) is 59.0 Å². The first-order valence-electron chi connectivity index (χ1n) is 9.05. The average molecular weight is 473 g/mol. The van der Waals surface area contributed by atoms with Gasteiger partial charge in [-0.1, -0.05) is 0 Å². The number of thioether (sulfide) groups is 1. The number of methoxy groups -OCH3 is 1. The minimum Gasteiger partial charge on any atom is -0.494 e.